The third-order valence-electron chi connectivity index (χ3n) is 6.14. The van der Waals surface area contributed by atoms with Gasteiger partial charge in [0.25, 0.3) is 0 Å². The van der Waals surface area contributed by atoms with E-state index in [4.69, 9.17) is 9.47 Å². The molecule has 1 N–H and O–H groups in total. The lowest BCUT2D eigenvalue weighted by atomic mass is 9.74. The first-order valence-corrected chi connectivity index (χ1v) is 11.5. The Hall–Kier alpha value is -1.22. The van der Waals surface area contributed by atoms with E-state index in [-0.39, 0.29) is 23.4 Å². The Morgan fingerprint density at radius 1 is 1.37 bits per heavy atom. The molecular weight excluding hydrogens is 371 g/mol. The van der Waals surface area contributed by atoms with Crippen LogP contribution in [0.15, 0.2) is 24.3 Å². The molecular formula is C19H27FN2O4S. The Bertz CT molecular complexity index is 772. The fraction of sp³-hybridized carbons (Fsp3) is 0.684. The summed E-state index contributed by atoms with van der Waals surface area (Å²) in [6.45, 7) is 3.84. The second-order valence-corrected chi connectivity index (χ2v) is 9.87. The summed E-state index contributed by atoms with van der Waals surface area (Å²) in [5.74, 6) is 1.07. The van der Waals surface area contributed by atoms with E-state index >= 15 is 0 Å². The maximum atomic E-state index is 12.9. The van der Waals surface area contributed by atoms with Crippen LogP contribution in [0.4, 0.5) is 4.39 Å². The number of nitrogens with zero attached hydrogens (tertiary/aromatic N) is 1. The average molecular weight is 399 g/mol. The van der Waals surface area contributed by atoms with Gasteiger partial charge in [0.2, 0.25) is 10.0 Å². The van der Waals surface area contributed by atoms with E-state index in [2.05, 4.69) is 9.62 Å². The molecule has 4 rings (SSSR count). The van der Waals surface area contributed by atoms with E-state index in [0.717, 1.165) is 38.9 Å². The predicted molar refractivity (Wildman–Crippen MR) is 99.6 cm³/mol. The molecule has 0 aromatic heterocycles. The molecule has 3 heterocycles. The van der Waals surface area contributed by atoms with Gasteiger partial charge >= 0.3 is 0 Å². The van der Waals surface area contributed by atoms with Crippen molar-refractivity contribution in [2.45, 2.75) is 31.0 Å². The summed E-state index contributed by atoms with van der Waals surface area (Å²) in [5, 5.41) is 0. The van der Waals surface area contributed by atoms with Crippen LogP contribution in [0.2, 0.25) is 0 Å². The molecule has 0 radical (unpaired) electrons. The molecule has 0 saturated carbocycles. The summed E-state index contributed by atoms with van der Waals surface area (Å²) in [6.07, 6.45) is 4.37. The molecule has 6 nitrogen and oxygen atoms in total. The topological polar surface area (TPSA) is 67.9 Å². The predicted octanol–water partition coefficient (Wildman–Crippen LogP) is 1.62. The lowest BCUT2D eigenvalue weighted by molar-refractivity contribution is 0.00254. The van der Waals surface area contributed by atoms with Crippen LogP contribution in [0, 0.1) is 17.7 Å². The van der Waals surface area contributed by atoms with Gasteiger partial charge in [-0.1, -0.05) is 0 Å². The summed E-state index contributed by atoms with van der Waals surface area (Å²) < 4.78 is 50.5. The van der Waals surface area contributed by atoms with Crippen molar-refractivity contribution in [2.24, 2.45) is 11.8 Å². The Labute approximate surface area is 160 Å². The molecule has 1 aromatic rings. The minimum Gasteiger partial charge on any atom is -0.494 e. The molecule has 3 aliphatic rings. The van der Waals surface area contributed by atoms with Gasteiger partial charge in [-0.15, -0.1) is 0 Å². The maximum absolute atomic E-state index is 12.9. The highest BCUT2D eigenvalue weighted by Gasteiger charge is 2.62. The fourth-order valence-electron chi connectivity index (χ4n) is 4.99. The standard InChI is InChI=1S/C19H27FN2O4S/c1-27(23,24)21-11-16-17-12-22(13-19(17)8-7-18(16)26-19)9-2-10-25-15-5-3-14(20)4-6-15/h3-6,16-18,21H,2,7-13H2,1H3/t16-,17+,18+,19+/m0/s1. The first kappa shape index (κ1) is 19.1. The van der Waals surface area contributed by atoms with Gasteiger partial charge in [-0.05, 0) is 43.5 Å². The largest absolute Gasteiger partial charge is 0.494 e. The van der Waals surface area contributed by atoms with Crippen molar-refractivity contribution in [3.05, 3.63) is 30.1 Å². The summed E-state index contributed by atoms with van der Waals surface area (Å²) in [5.41, 5.74) is -0.0909. The van der Waals surface area contributed by atoms with Gasteiger partial charge in [0.1, 0.15) is 11.6 Å². The van der Waals surface area contributed by atoms with Gasteiger partial charge < -0.3 is 9.47 Å². The average Bonchev–Trinajstić information content (AvgIpc) is 3.25. The van der Waals surface area contributed by atoms with E-state index in [1.165, 1.54) is 18.4 Å². The zero-order valence-corrected chi connectivity index (χ0v) is 16.4. The zero-order chi connectivity index (χ0) is 19.1. The number of nitrogens with one attached hydrogen (secondary N) is 1. The smallest absolute Gasteiger partial charge is 0.208 e. The first-order chi connectivity index (χ1) is 12.8. The van der Waals surface area contributed by atoms with Crippen molar-refractivity contribution >= 4 is 10.0 Å². The van der Waals surface area contributed by atoms with Crippen LogP contribution in [0.1, 0.15) is 19.3 Å². The zero-order valence-electron chi connectivity index (χ0n) is 15.6. The summed E-state index contributed by atoms with van der Waals surface area (Å²) in [7, 11) is -3.18. The lowest BCUT2D eigenvalue weighted by Crippen LogP contribution is -2.41. The van der Waals surface area contributed by atoms with Crippen LogP contribution >= 0.6 is 0 Å². The Morgan fingerprint density at radius 2 is 2.15 bits per heavy atom. The summed E-state index contributed by atoms with van der Waals surface area (Å²) in [6, 6.07) is 6.07. The molecule has 27 heavy (non-hydrogen) atoms. The highest BCUT2D eigenvalue weighted by Crippen LogP contribution is 2.54. The molecule has 0 aliphatic carbocycles. The van der Waals surface area contributed by atoms with Crippen LogP contribution in [-0.2, 0) is 14.8 Å². The summed E-state index contributed by atoms with van der Waals surface area (Å²) in [4.78, 5) is 2.41. The third kappa shape index (κ3) is 4.13. The van der Waals surface area contributed by atoms with Gasteiger partial charge in [0.15, 0.2) is 0 Å². The van der Waals surface area contributed by atoms with Gasteiger partial charge in [-0.3, -0.25) is 4.90 Å². The van der Waals surface area contributed by atoms with Crippen LogP contribution in [0.25, 0.3) is 0 Å². The number of hydrogen-bond donors (Lipinski definition) is 1. The number of likely N-dealkylation sites (tertiary alicyclic amines) is 1. The van der Waals surface area contributed by atoms with Gasteiger partial charge in [-0.25, -0.2) is 17.5 Å². The molecule has 3 saturated heterocycles. The number of rotatable bonds is 8. The van der Waals surface area contributed by atoms with Crippen LogP contribution < -0.4 is 9.46 Å². The van der Waals surface area contributed by atoms with E-state index < -0.39 is 10.0 Å². The lowest BCUT2D eigenvalue weighted by Gasteiger charge is -2.29. The van der Waals surface area contributed by atoms with Crippen molar-refractivity contribution < 1.29 is 22.3 Å². The molecule has 8 heteroatoms. The van der Waals surface area contributed by atoms with Crippen molar-refractivity contribution in [3.8, 4) is 5.75 Å². The molecule has 1 aromatic carbocycles. The Morgan fingerprint density at radius 3 is 2.89 bits per heavy atom. The Balaban J connectivity index is 1.26. The van der Waals surface area contributed by atoms with E-state index in [9.17, 15) is 12.8 Å². The van der Waals surface area contributed by atoms with E-state index in [0.29, 0.717) is 24.8 Å². The molecule has 150 valence electrons. The molecule has 0 unspecified atom stereocenters. The number of halogens is 1. The van der Waals surface area contributed by atoms with E-state index in [1.807, 2.05) is 0 Å². The van der Waals surface area contributed by atoms with Gasteiger partial charge in [0.05, 0.1) is 24.6 Å². The van der Waals surface area contributed by atoms with Crippen molar-refractivity contribution in [3.63, 3.8) is 0 Å². The molecule has 3 fully saturated rings. The van der Waals surface area contributed by atoms with Crippen LogP contribution in [-0.4, -0.2) is 64.1 Å². The highest BCUT2D eigenvalue weighted by molar-refractivity contribution is 7.88. The van der Waals surface area contributed by atoms with Crippen LogP contribution in [0.3, 0.4) is 0 Å². The first-order valence-electron chi connectivity index (χ1n) is 9.58. The quantitative estimate of drug-likeness (QED) is 0.674. The number of fused-ring (bicyclic) bond motifs is 1. The van der Waals surface area contributed by atoms with Crippen molar-refractivity contribution in [2.75, 3.05) is 39.0 Å². The number of ether oxygens (including phenoxy) is 2. The minimum atomic E-state index is -3.18. The molecule has 2 bridgehead atoms. The third-order valence-corrected chi connectivity index (χ3v) is 6.83. The number of hydrogen-bond acceptors (Lipinski definition) is 5. The second-order valence-electron chi connectivity index (χ2n) is 8.04. The SMILES string of the molecule is CS(=O)(=O)NC[C@H]1[C@H]2CN(CCCOc3ccc(F)cc3)C[C@]23CC[C@H]1O3. The molecule has 1 spiro atoms. The Kier molecular flexibility index (Phi) is 5.18. The highest BCUT2D eigenvalue weighted by atomic mass is 32.2. The minimum absolute atomic E-state index is 0.0909. The van der Waals surface area contributed by atoms with Crippen molar-refractivity contribution in [1.29, 1.82) is 0 Å². The van der Waals surface area contributed by atoms with Gasteiger partial charge in [0, 0.05) is 38.0 Å². The fourth-order valence-corrected chi connectivity index (χ4v) is 5.48. The molecule has 0 amide bonds. The molecule has 3 aliphatic heterocycles. The monoisotopic (exact) mass is 398 g/mol. The normalized spacial score (nSPS) is 32.7. The summed E-state index contributed by atoms with van der Waals surface area (Å²) >= 11 is 0. The van der Waals surface area contributed by atoms with Crippen molar-refractivity contribution in [1.82, 2.24) is 9.62 Å². The van der Waals surface area contributed by atoms with E-state index in [1.54, 1.807) is 12.1 Å². The molecule has 4 atom stereocenters. The number of sulfonamides is 1. The number of benzene rings is 1. The maximum Gasteiger partial charge on any atom is 0.208 e. The van der Waals surface area contributed by atoms with Gasteiger partial charge in [-0.2, -0.15) is 0 Å². The second kappa shape index (κ2) is 7.31. The van der Waals surface area contributed by atoms with Crippen LogP contribution in [0.5, 0.6) is 5.75 Å².